The Kier molecular flexibility index (Phi) is 5.45. The standard InChI is InChI=1S/C24H25N5O3/c1-28-14-18(13-27-28)17-10-21-22(26-12-17)5-3-16-2-4-19(11-20(16)24(21)31)25-6-7-29-8-9-32-15-23(29)30/h2,4,10-14,25H,3,5-9,15H2,1H3. The van der Waals surface area contributed by atoms with Gasteiger partial charge in [-0.3, -0.25) is 19.3 Å². The Morgan fingerprint density at radius 1 is 1.09 bits per heavy atom. The molecule has 0 spiro atoms. The molecular formula is C24H25N5O3. The monoisotopic (exact) mass is 431 g/mol. The van der Waals surface area contributed by atoms with Crippen LogP contribution in [0.25, 0.3) is 11.1 Å². The van der Waals surface area contributed by atoms with Gasteiger partial charge in [0.15, 0.2) is 5.78 Å². The SMILES string of the molecule is Cn1cc(-c2cnc3c(c2)C(=O)c2cc(NCCN4CCOCC4=O)ccc2CC3)cn1. The maximum atomic E-state index is 13.5. The first kappa shape index (κ1) is 20.4. The first-order chi connectivity index (χ1) is 15.6. The van der Waals surface area contributed by atoms with Crippen LogP contribution in [-0.4, -0.2) is 64.2 Å². The zero-order valence-corrected chi connectivity index (χ0v) is 18.0. The minimum Gasteiger partial charge on any atom is -0.383 e. The van der Waals surface area contributed by atoms with E-state index in [1.165, 1.54) is 0 Å². The average Bonchev–Trinajstić information content (AvgIpc) is 3.19. The van der Waals surface area contributed by atoms with E-state index in [1.54, 1.807) is 15.8 Å². The molecular weight excluding hydrogens is 406 g/mol. The summed E-state index contributed by atoms with van der Waals surface area (Å²) in [5, 5.41) is 7.58. The predicted octanol–water partition coefficient (Wildman–Crippen LogP) is 2.08. The summed E-state index contributed by atoms with van der Waals surface area (Å²) < 4.78 is 6.91. The Bertz CT molecular complexity index is 1190. The summed E-state index contributed by atoms with van der Waals surface area (Å²) in [5.74, 6) is 0.0152. The minimum absolute atomic E-state index is 0.00209. The van der Waals surface area contributed by atoms with Crippen LogP contribution >= 0.6 is 0 Å². The Morgan fingerprint density at radius 3 is 2.81 bits per heavy atom. The molecule has 0 radical (unpaired) electrons. The van der Waals surface area contributed by atoms with E-state index in [9.17, 15) is 9.59 Å². The van der Waals surface area contributed by atoms with Gasteiger partial charge in [-0.1, -0.05) is 6.07 Å². The van der Waals surface area contributed by atoms with E-state index in [-0.39, 0.29) is 18.3 Å². The molecule has 1 aliphatic carbocycles. The number of morpholine rings is 1. The van der Waals surface area contributed by atoms with Gasteiger partial charge in [0, 0.05) is 67.0 Å². The van der Waals surface area contributed by atoms with Crippen LogP contribution in [0.2, 0.25) is 0 Å². The molecule has 1 aliphatic heterocycles. The summed E-state index contributed by atoms with van der Waals surface area (Å²) in [6.07, 6.45) is 7.02. The summed E-state index contributed by atoms with van der Waals surface area (Å²) in [6.45, 7) is 2.57. The van der Waals surface area contributed by atoms with E-state index in [1.807, 2.05) is 43.7 Å². The normalized spacial score (nSPS) is 15.8. The number of hydrogen-bond acceptors (Lipinski definition) is 6. The number of pyridine rings is 1. The van der Waals surface area contributed by atoms with Crippen molar-refractivity contribution in [2.24, 2.45) is 7.05 Å². The van der Waals surface area contributed by atoms with Gasteiger partial charge in [0.2, 0.25) is 5.91 Å². The summed E-state index contributed by atoms with van der Waals surface area (Å²) in [6, 6.07) is 7.87. The van der Waals surface area contributed by atoms with Crippen LogP contribution in [0.3, 0.4) is 0 Å². The van der Waals surface area contributed by atoms with Gasteiger partial charge >= 0.3 is 0 Å². The third-order valence-electron chi connectivity index (χ3n) is 6.03. The molecule has 0 bridgehead atoms. The Labute approximate surface area is 186 Å². The molecule has 8 nitrogen and oxygen atoms in total. The third kappa shape index (κ3) is 4.01. The van der Waals surface area contributed by atoms with E-state index in [0.29, 0.717) is 37.4 Å². The summed E-state index contributed by atoms with van der Waals surface area (Å²) in [7, 11) is 1.87. The van der Waals surface area contributed by atoms with Crippen LogP contribution in [0, 0.1) is 0 Å². The van der Waals surface area contributed by atoms with Crippen LogP contribution in [-0.2, 0) is 29.4 Å². The summed E-state index contributed by atoms with van der Waals surface area (Å²) >= 11 is 0. The third-order valence-corrected chi connectivity index (χ3v) is 6.03. The molecule has 164 valence electrons. The van der Waals surface area contributed by atoms with Crippen molar-refractivity contribution in [2.75, 3.05) is 38.2 Å². The highest BCUT2D eigenvalue weighted by Gasteiger charge is 2.23. The molecule has 5 rings (SSSR count). The number of nitrogens with zero attached hydrogens (tertiary/aromatic N) is 4. The van der Waals surface area contributed by atoms with E-state index in [4.69, 9.17) is 4.74 Å². The first-order valence-corrected chi connectivity index (χ1v) is 10.8. The number of benzene rings is 1. The van der Waals surface area contributed by atoms with Crippen molar-refractivity contribution < 1.29 is 14.3 Å². The average molecular weight is 431 g/mol. The second-order valence-electron chi connectivity index (χ2n) is 8.18. The zero-order valence-electron chi connectivity index (χ0n) is 18.0. The number of carbonyl (C=O) groups excluding carboxylic acids is 2. The summed E-state index contributed by atoms with van der Waals surface area (Å²) in [5.41, 5.74) is 5.93. The van der Waals surface area contributed by atoms with Crippen molar-refractivity contribution in [1.29, 1.82) is 0 Å². The number of carbonyl (C=O) groups is 2. The highest BCUT2D eigenvalue weighted by atomic mass is 16.5. The lowest BCUT2D eigenvalue weighted by molar-refractivity contribution is -0.142. The second-order valence-corrected chi connectivity index (χ2v) is 8.18. The van der Waals surface area contributed by atoms with Gasteiger partial charge in [-0.05, 0) is 36.6 Å². The minimum atomic E-state index is -0.00209. The molecule has 32 heavy (non-hydrogen) atoms. The van der Waals surface area contributed by atoms with Gasteiger partial charge in [-0.2, -0.15) is 5.10 Å². The quantitative estimate of drug-likeness (QED) is 0.665. The fourth-order valence-electron chi connectivity index (χ4n) is 4.25. The fourth-order valence-corrected chi connectivity index (χ4v) is 4.25. The van der Waals surface area contributed by atoms with E-state index in [2.05, 4.69) is 15.4 Å². The van der Waals surface area contributed by atoms with Gasteiger partial charge in [-0.15, -0.1) is 0 Å². The van der Waals surface area contributed by atoms with Gasteiger partial charge in [-0.25, -0.2) is 0 Å². The number of amides is 1. The van der Waals surface area contributed by atoms with Crippen LogP contribution in [0.1, 0.15) is 27.2 Å². The van der Waals surface area contributed by atoms with E-state index in [0.717, 1.165) is 40.9 Å². The number of rotatable bonds is 5. The van der Waals surface area contributed by atoms with Gasteiger partial charge < -0.3 is 15.0 Å². The molecule has 3 aromatic rings. The zero-order chi connectivity index (χ0) is 22.1. The van der Waals surface area contributed by atoms with E-state index < -0.39 is 0 Å². The molecule has 0 unspecified atom stereocenters. The Balaban J connectivity index is 1.36. The van der Waals surface area contributed by atoms with Crippen molar-refractivity contribution in [2.45, 2.75) is 12.8 Å². The molecule has 1 aromatic carbocycles. The highest BCUT2D eigenvalue weighted by molar-refractivity contribution is 6.12. The maximum Gasteiger partial charge on any atom is 0.248 e. The molecule has 1 N–H and O–H groups in total. The van der Waals surface area contributed by atoms with Crippen LogP contribution < -0.4 is 5.32 Å². The predicted molar refractivity (Wildman–Crippen MR) is 120 cm³/mol. The molecule has 1 fully saturated rings. The Morgan fingerprint density at radius 2 is 2.00 bits per heavy atom. The first-order valence-electron chi connectivity index (χ1n) is 10.8. The number of aromatic nitrogens is 3. The van der Waals surface area contributed by atoms with Crippen molar-refractivity contribution in [3.05, 3.63) is 65.2 Å². The molecule has 0 atom stereocenters. The number of fused-ring (bicyclic) bond motifs is 2. The number of ketones is 1. The van der Waals surface area contributed by atoms with Crippen molar-refractivity contribution in [3.63, 3.8) is 0 Å². The molecule has 1 amide bonds. The molecule has 1 saturated heterocycles. The number of nitrogens with one attached hydrogen (secondary N) is 1. The largest absolute Gasteiger partial charge is 0.383 e. The number of ether oxygens (including phenoxy) is 1. The van der Waals surface area contributed by atoms with E-state index >= 15 is 0 Å². The Hall–Kier alpha value is -3.52. The molecule has 2 aliphatic rings. The van der Waals surface area contributed by atoms with Gasteiger partial charge in [0.25, 0.3) is 0 Å². The van der Waals surface area contributed by atoms with Crippen LogP contribution in [0.4, 0.5) is 5.69 Å². The summed E-state index contributed by atoms with van der Waals surface area (Å²) in [4.78, 5) is 31.8. The smallest absolute Gasteiger partial charge is 0.248 e. The fraction of sp³-hybridized carbons (Fsp3) is 0.333. The maximum absolute atomic E-state index is 13.5. The molecule has 3 heterocycles. The molecule has 8 heteroatoms. The topological polar surface area (TPSA) is 89.4 Å². The van der Waals surface area contributed by atoms with Crippen LogP contribution in [0.15, 0.2) is 42.9 Å². The highest BCUT2D eigenvalue weighted by Crippen LogP contribution is 2.29. The van der Waals surface area contributed by atoms with Crippen LogP contribution in [0.5, 0.6) is 0 Å². The van der Waals surface area contributed by atoms with Crippen molar-refractivity contribution in [1.82, 2.24) is 19.7 Å². The number of hydrogen-bond donors (Lipinski definition) is 1. The number of anilines is 1. The van der Waals surface area contributed by atoms with Crippen molar-refractivity contribution in [3.8, 4) is 11.1 Å². The van der Waals surface area contributed by atoms with Crippen molar-refractivity contribution >= 4 is 17.4 Å². The lowest BCUT2D eigenvalue weighted by atomic mass is 9.98. The molecule has 2 aromatic heterocycles. The lowest BCUT2D eigenvalue weighted by Crippen LogP contribution is -2.43. The van der Waals surface area contributed by atoms with Gasteiger partial charge in [0.05, 0.1) is 18.5 Å². The molecule has 0 saturated carbocycles. The second kappa shape index (κ2) is 8.55. The number of aryl methyl sites for hydroxylation is 3. The lowest BCUT2D eigenvalue weighted by Gasteiger charge is -2.27. The van der Waals surface area contributed by atoms with Gasteiger partial charge in [0.1, 0.15) is 6.61 Å².